The molecular weight excluding hydrogens is 561 g/mol. The highest BCUT2D eigenvalue weighted by Crippen LogP contribution is 2.33. The number of esters is 1. The number of hydrogen-bond donors (Lipinski definition) is 1. The Morgan fingerprint density at radius 2 is 1.86 bits per heavy atom. The average molecular weight is 606 g/mol. The molecule has 0 spiro atoms. The Hall–Kier alpha value is -2.89. The highest BCUT2D eigenvalue weighted by Gasteiger charge is 2.36. The van der Waals surface area contributed by atoms with Crippen LogP contribution in [0.2, 0.25) is 0 Å². The zero-order chi connectivity index (χ0) is 30.9. The smallest absolute Gasteiger partial charge is 0.308 e. The Morgan fingerprint density at radius 3 is 2.50 bits per heavy atom. The number of anilines is 1. The Morgan fingerprint density at radius 1 is 1.14 bits per heavy atom. The number of carbonyl (C=O) groups is 1. The number of nitrogens with zero attached hydrogens (tertiary/aromatic N) is 2. The summed E-state index contributed by atoms with van der Waals surface area (Å²) < 4.78 is 58.4. The zero-order valence-corrected chi connectivity index (χ0v) is 26.3. The van der Waals surface area contributed by atoms with Gasteiger partial charge in [-0.15, -0.1) is 0 Å². The molecule has 0 radical (unpaired) electrons. The Kier molecular flexibility index (Phi) is 12.0. The van der Waals surface area contributed by atoms with Gasteiger partial charge in [-0.2, -0.15) is 0 Å². The molecule has 0 amide bonds. The van der Waals surface area contributed by atoms with Crippen LogP contribution in [0.5, 0.6) is 0 Å². The number of benzene rings is 1. The van der Waals surface area contributed by atoms with Crippen molar-refractivity contribution >= 4 is 28.0 Å². The summed E-state index contributed by atoms with van der Waals surface area (Å²) in [6.45, 7) is 11.6. The summed E-state index contributed by atoms with van der Waals surface area (Å²) in [5, 5.41) is 0. The van der Waals surface area contributed by atoms with Crippen LogP contribution in [0.1, 0.15) is 97.2 Å². The lowest BCUT2D eigenvalue weighted by Gasteiger charge is -2.39. The van der Waals surface area contributed by atoms with Gasteiger partial charge < -0.3 is 14.2 Å². The van der Waals surface area contributed by atoms with Crippen LogP contribution in [0.4, 0.5) is 10.3 Å². The maximum Gasteiger partial charge on any atom is 0.308 e. The third-order valence-corrected chi connectivity index (χ3v) is 8.03. The van der Waals surface area contributed by atoms with Crippen molar-refractivity contribution in [3.63, 3.8) is 0 Å². The fourth-order valence-electron chi connectivity index (χ4n) is 4.73. The predicted molar refractivity (Wildman–Crippen MR) is 162 cm³/mol. The average Bonchev–Trinajstić information content (AvgIpc) is 2.91. The molecule has 1 N–H and O–H groups in total. The van der Waals surface area contributed by atoms with Gasteiger partial charge in [0.25, 0.3) is 0 Å². The van der Waals surface area contributed by atoms with Crippen molar-refractivity contribution in [2.75, 3.05) is 17.1 Å². The number of aromatic nitrogens is 2. The number of unbranched alkanes of at least 4 members (excludes halogenated alkanes) is 3. The molecule has 232 valence electrons. The van der Waals surface area contributed by atoms with E-state index >= 15 is 0 Å². The second kappa shape index (κ2) is 15.0. The van der Waals surface area contributed by atoms with E-state index in [4.69, 9.17) is 14.2 Å². The van der Waals surface area contributed by atoms with Gasteiger partial charge in [0.1, 0.15) is 5.82 Å². The van der Waals surface area contributed by atoms with E-state index in [1.807, 2.05) is 26.0 Å². The molecule has 0 bridgehead atoms. The summed E-state index contributed by atoms with van der Waals surface area (Å²) in [6, 6.07) is 5.84. The summed E-state index contributed by atoms with van der Waals surface area (Å²) in [5.74, 6) is -1.90. The first kappa shape index (κ1) is 33.6. The molecule has 2 atom stereocenters. The van der Waals surface area contributed by atoms with E-state index in [1.165, 1.54) is 19.1 Å². The summed E-state index contributed by atoms with van der Waals surface area (Å²) in [4.78, 5) is 21.6. The Balaban J connectivity index is 1.90. The topological polar surface area (TPSA) is 117 Å². The normalized spacial score (nSPS) is 18.9. The molecule has 11 heteroatoms. The third-order valence-electron chi connectivity index (χ3n) is 6.78. The number of halogens is 1. The van der Waals surface area contributed by atoms with Crippen molar-refractivity contribution < 1.29 is 31.8 Å². The molecular formula is C31H44FN3O6S. The van der Waals surface area contributed by atoms with Gasteiger partial charge in [-0.1, -0.05) is 52.2 Å². The van der Waals surface area contributed by atoms with Crippen LogP contribution in [0.3, 0.4) is 0 Å². The van der Waals surface area contributed by atoms with E-state index < -0.39 is 33.8 Å². The summed E-state index contributed by atoms with van der Waals surface area (Å²) >= 11 is 0. The molecule has 2 aromatic rings. The molecule has 1 aliphatic heterocycles. The molecule has 0 unspecified atom stereocenters. The van der Waals surface area contributed by atoms with E-state index in [9.17, 15) is 17.6 Å². The number of ether oxygens (including phenoxy) is 3. The predicted octanol–water partition coefficient (Wildman–Crippen LogP) is 6.60. The van der Waals surface area contributed by atoms with Crippen LogP contribution in [-0.4, -0.2) is 54.7 Å². The third kappa shape index (κ3) is 10.1. The van der Waals surface area contributed by atoms with Gasteiger partial charge in [-0.05, 0) is 57.4 Å². The van der Waals surface area contributed by atoms with E-state index in [0.29, 0.717) is 35.5 Å². The molecule has 9 nitrogen and oxygen atoms in total. The van der Waals surface area contributed by atoms with Crippen LogP contribution in [-0.2, 0) is 29.0 Å². The van der Waals surface area contributed by atoms with Gasteiger partial charge in [0.15, 0.2) is 5.79 Å². The molecule has 0 saturated carbocycles. The Bertz CT molecular complexity index is 1330. The molecule has 1 aliphatic rings. The summed E-state index contributed by atoms with van der Waals surface area (Å²) in [7, 11) is -3.63. The van der Waals surface area contributed by atoms with Crippen LogP contribution in [0.25, 0.3) is 17.3 Å². The minimum atomic E-state index is -3.63. The van der Waals surface area contributed by atoms with Gasteiger partial charge in [-0.3, -0.25) is 9.52 Å². The molecule has 3 rings (SSSR count). The standard InChI is InChI=1S/C31H44FN3O6S/c1-7-9-10-11-18-39-27(36)20-25-19-24(40-31(5,6)41-25)16-17-26-28(21(3)4)33-30(35-42(37,38)8-2)34-29(26)22-12-14-23(32)15-13-22/h12-17,21,24-25H,7-11,18-20H2,1-6H3,(H,33,34,35)/b17-16+/t24-,25-/m1/s1. The van der Waals surface area contributed by atoms with Crippen molar-refractivity contribution in [1.82, 2.24) is 9.97 Å². The lowest BCUT2D eigenvalue weighted by molar-refractivity contribution is -0.290. The number of carbonyl (C=O) groups excluding carboxylic acids is 1. The lowest BCUT2D eigenvalue weighted by Crippen LogP contribution is -2.44. The molecule has 1 aromatic heterocycles. The van der Waals surface area contributed by atoms with Gasteiger partial charge in [0, 0.05) is 17.5 Å². The van der Waals surface area contributed by atoms with Crippen molar-refractivity contribution in [3.8, 4) is 11.3 Å². The van der Waals surface area contributed by atoms with E-state index in [-0.39, 0.29) is 30.0 Å². The lowest BCUT2D eigenvalue weighted by atomic mass is 9.97. The summed E-state index contributed by atoms with van der Waals surface area (Å²) in [5.41, 5.74) is 2.33. The van der Waals surface area contributed by atoms with Gasteiger partial charge >= 0.3 is 5.97 Å². The van der Waals surface area contributed by atoms with E-state index in [1.54, 1.807) is 26.0 Å². The van der Waals surface area contributed by atoms with E-state index in [0.717, 1.165) is 25.7 Å². The van der Waals surface area contributed by atoms with Crippen molar-refractivity contribution in [3.05, 3.63) is 47.4 Å². The van der Waals surface area contributed by atoms with Crippen LogP contribution < -0.4 is 4.72 Å². The summed E-state index contributed by atoms with van der Waals surface area (Å²) in [6.07, 6.45) is 7.61. The Labute approximate surface area is 249 Å². The molecule has 0 aliphatic carbocycles. The molecule has 1 aromatic carbocycles. The van der Waals surface area contributed by atoms with Crippen molar-refractivity contribution in [2.24, 2.45) is 0 Å². The number of nitrogens with one attached hydrogen (secondary N) is 1. The first-order valence-corrected chi connectivity index (χ1v) is 16.4. The fourth-order valence-corrected chi connectivity index (χ4v) is 5.24. The molecule has 42 heavy (non-hydrogen) atoms. The van der Waals surface area contributed by atoms with Crippen LogP contribution in [0, 0.1) is 5.82 Å². The number of hydrogen-bond acceptors (Lipinski definition) is 8. The minimum absolute atomic E-state index is 0.0475. The number of sulfonamides is 1. The quantitative estimate of drug-likeness (QED) is 0.189. The van der Waals surface area contributed by atoms with Crippen molar-refractivity contribution in [1.29, 1.82) is 0 Å². The molecule has 2 heterocycles. The van der Waals surface area contributed by atoms with Crippen molar-refractivity contribution in [2.45, 2.75) is 104 Å². The largest absolute Gasteiger partial charge is 0.466 e. The minimum Gasteiger partial charge on any atom is -0.466 e. The zero-order valence-electron chi connectivity index (χ0n) is 25.5. The van der Waals surface area contributed by atoms with Crippen LogP contribution >= 0.6 is 0 Å². The maximum absolute atomic E-state index is 13.8. The monoisotopic (exact) mass is 605 g/mol. The second-order valence-electron chi connectivity index (χ2n) is 11.2. The fraction of sp³-hybridized carbons (Fsp3) is 0.581. The first-order chi connectivity index (χ1) is 19.8. The highest BCUT2D eigenvalue weighted by molar-refractivity contribution is 7.92. The van der Waals surface area contributed by atoms with E-state index in [2.05, 4.69) is 21.6 Å². The van der Waals surface area contributed by atoms with Crippen LogP contribution in [0.15, 0.2) is 30.3 Å². The highest BCUT2D eigenvalue weighted by atomic mass is 32.2. The maximum atomic E-state index is 13.8. The van der Waals surface area contributed by atoms with Gasteiger partial charge in [0.05, 0.1) is 42.4 Å². The second-order valence-corrected chi connectivity index (χ2v) is 13.2. The SMILES string of the molecule is CCCCCCOC(=O)C[C@H]1C[C@@H](/C=C/c2c(-c3ccc(F)cc3)nc(NS(=O)(=O)CC)nc2C(C)C)OC(C)(C)O1. The molecule has 1 saturated heterocycles. The molecule has 1 fully saturated rings. The first-order valence-electron chi connectivity index (χ1n) is 14.7. The van der Waals surface area contributed by atoms with Gasteiger partial charge in [0.2, 0.25) is 16.0 Å². The van der Waals surface area contributed by atoms with Gasteiger partial charge in [-0.25, -0.2) is 22.8 Å². The number of rotatable bonds is 14.